The van der Waals surface area contributed by atoms with E-state index in [0.29, 0.717) is 26.4 Å². The van der Waals surface area contributed by atoms with Crippen LogP contribution in [0.15, 0.2) is 6.07 Å². The van der Waals surface area contributed by atoms with Crippen LogP contribution in [0.25, 0.3) is 0 Å². The molecule has 6 heteroatoms. The number of nitrogens with one attached hydrogen (secondary N) is 1. The van der Waals surface area contributed by atoms with Crippen LogP contribution in [0, 0.1) is 0 Å². The predicted molar refractivity (Wildman–Crippen MR) is 80.3 cm³/mol. The van der Waals surface area contributed by atoms with Crippen LogP contribution in [0.3, 0.4) is 0 Å². The van der Waals surface area contributed by atoms with E-state index < -0.39 is 5.60 Å². The Balaban J connectivity index is 2.37. The molecule has 2 rings (SSSR count). The second-order valence-electron chi connectivity index (χ2n) is 5.07. The van der Waals surface area contributed by atoms with Gasteiger partial charge in [-0.3, -0.25) is 0 Å². The van der Waals surface area contributed by atoms with Gasteiger partial charge < -0.3 is 19.5 Å². The third-order valence-electron chi connectivity index (χ3n) is 3.56. The van der Waals surface area contributed by atoms with Crippen molar-refractivity contribution in [3.8, 4) is 0 Å². The van der Waals surface area contributed by atoms with Crippen LogP contribution in [-0.4, -0.2) is 43.4 Å². The summed E-state index contributed by atoms with van der Waals surface area (Å²) in [4.78, 5) is 9.32. The topological polar surface area (TPSA) is 65.5 Å². The third-order valence-corrected chi connectivity index (χ3v) is 3.56. The molecule has 0 atom stereocenters. The molecule has 1 aliphatic heterocycles. The fourth-order valence-corrected chi connectivity index (χ4v) is 2.60. The minimum Gasteiger partial charge on any atom is -0.381 e. The van der Waals surface area contributed by atoms with Gasteiger partial charge in [0.25, 0.3) is 0 Å². The first-order chi connectivity index (χ1) is 10.2. The highest BCUT2D eigenvalue weighted by molar-refractivity contribution is 5.36. The van der Waals surface area contributed by atoms with E-state index in [-0.39, 0.29) is 0 Å². The average Bonchev–Trinajstić information content (AvgIpc) is 2.49. The van der Waals surface area contributed by atoms with Gasteiger partial charge in [0.2, 0.25) is 0 Å². The van der Waals surface area contributed by atoms with E-state index in [4.69, 9.17) is 14.2 Å². The van der Waals surface area contributed by atoms with Crippen LogP contribution in [0.4, 0.5) is 5.82 Å². The van der Waals surface area contributed by atoms with Crippen LogP contribution in [0.1, 0.15) is 38.2 Å². The van der Waals surface area contributed by atoms with E-state index in [1.54, 1.807) is 7.11 Å². The molecular formula is C15H25N3O3. The summed E-state index contributed by atoms with van der Waals surface area (Å²) in [5.74, 6) is 1.55. The van der Waals surface area contributed by atoms with Crippen molar-refractivity contribution in [2.24, 2.45) is 0 Å². The molecule has 1 N–H and O–H groups in total. The summed E-state index contributed by atoms with van der Waals surface area (Å²) in [6.07, 6.45) is 1.56. The summed E-state index contributed by atoms with van der Waals surface area (Å²) in [5, 5.41) is 3.25. The van der Waals surface area contributed by atoms with E-state index >= 15 is 0 Å². The SMILES string of the molecule is CCNc1cc(COC)nc(C2(OCC)CCOCC2)n1. The largest absolute Gasteiger partial charge is 0.381 e. The van der Waals surface area contributed by atoms with Gasteiger partial charge in [-0.2, -0.15) is 0 Å². The molecule has 1 fully saturated rings. The first kappa shape index (κ1) is 16.1. The van der Waals surface area contributed by atoms with Crippen molar-refractivity contribution in [2.75, 3.05) is 38.8 Å². The molecular weight excluding hydrogens is 270 g/mol. The molecule has 118 valence electrons. The lowest BCUT2D eigenvalue weighted by Crippen LogP contribution is -2.38. The van der Waals surface area contributed by atoms with Crippen molar-refractivity contribution < 1.29 is 14.2 Å². The molecule has 2 heterocycles. The van der Waals surface area contributed by atoms with Crippen molar-refractivity contribution in [1.29, 1.82) is 0 Å². The van der Waals surface area contributed by atoms with Crippen molar-refractivity contribution >= 4 is 5.82 Å². The van der Waals surface area contributed by atoms with Crippen LogP contribution in [-0.2, 0) is 26.4 Å². The quantitative estimate of drug-likeness (QED) is 0.831. The van der Waals surface area contributed by atoms with Gasteiger partial charge in [0.15, 0.2) is 5.82 Å². The average molecular weight is 295 g/mol. The summed E-state index contributed by atoms with van der Waals surface area (Å²) >= 11 is 0. The van der Waals surface area contributed by atoms with Crippen molar-refractivity contribution in [3.05, 3.63) is 17.6 Å². The highest BCUT2D eigenvalue weighted by Gasteiger charge is 2.38. The molecule has 0 spiro atoms. The summed E-state index contributed by atoms with van der Waals surface area (Å²) in [7, 11) is 1.67. The van der Waals surface area contributed by atoms with Crippen LogP contribution >= 0.6 is 0 Å². The Labute approximate surface area is 126 Å². The summed E-state index contributed by atoms with van der Waals surface area (Å²) in [6.45, 7) is 7.31. The summed E-state index contributed by atoms with van der Waals surface area (Å²) < 4.78 is 16.7. The number of rotatable bonds is 7. The zero-order chi connectivity index (χ0) is 15.1. The molecule has 0 aromatic carbocycles. The number of ether oxygens (including phenoxy) is 3. The number of aromatic nitrogens is 2. The predicted octanol–water partition coefficient (Wildman–Crippen LogP) is 2.10. The number of hydrogen-bond donors (Lipinski definition) is 1. The number of nitrogens with zero attached hydrogens (tertiary/aromatic N) is 2. The maximum absolute atomic E-state index is 6.05. The minimum atomic E-state index is -0.444. The second kappa shape index (κ2) is 7.68. The molecule has 1 aromatic rings. The lowest BCUT2D eigenvalue weighted by atomic mass is 9.92. The third kappa shape index (κ3) is 3.90. The molecule has 1 saturated heterocycles. The molecule has 6 nitrogen and oxygen atoms in total. The van der Waals surface area contributed by atoms with E-state index in [1.807, 2.05) is 19.9 Å². The van der Waals surface area contributed by atoms with E-state index in [1.165, 1.54) is 0 Å². The molecule has 1 aliphatic rings. The fraction of sp³-hybridized carbons (Fsp3) is 0.733. The van der Waals surface area contributed by atoms with Gasteiger partial charge in [-0.05, 0) is 13.8 Å². The monoisotopic (exact) mass is 295 g/mol. The van der Waals surface area contributed by atoms with E-state index in [0.717, 1.165) is 36.7 Å². The van der Waals surface area contributed by atoms with Gasteiger partial charge >= 0.3 is 0 Å². The van der Waals surface area contributed by atoms with Crippen molar-refractivity contribution in [1.82, 2.24) is 9.97 Å². The van der Waals surface area contributed by atoms with Crippen LogP contribution in [0.5, 0.6) is 0 Å². The molecule has 0 aliphatic carbocycles. The number of hydrogen-bond acceptors (Lipinski definition) is 6. The van der Waals surface area contributed by atoms with Gasteiger partial charge in [0.1, 0.15) is 11.4 Å². The molecule has 0 radical (unpaired) electrons. The lowest BCUT2D eigenvalue weighted by molar-refractivity contribution is -0.118. The molecule has 0 bridgehead atoms. The normalized spacial score (nSPS) is 17.7. The zero-order valence-electron chi connectivity index (χ0n) is 13.1. The fourth-order valence-electron chi connectivity index (χ4n) is 2.60. The Morgan fingerprint density at radius 2 is 2.05 bits per heavy atom. The molecule has 0 saturated carbocycles. The van der Waals surface area contributed by atoms with Gasteiger partial charge in [0, 0.05) is 52.4 Å². The minimum absolute atomic E-state index is 0.444. The highest BCUT2D eigenvalue weighted by atomic mass is 16.5. The first-order valence-electron chi connectivity index (χ1n) is 7.57. The summed E-state index contributed by atoms with van der Waals surface area (Å²) in [5.41, 5.74) is 0.421. The van der Waals surface area contributed by atoms with Crippen LogP contribution < -0.4 is 5.32 Å². The van der Waals surface area contributed by atoms with Crippen LogP contribution in [0.2, 0.25) is 0 Å². The first-order valence-corrected chi connectivity index (χ1v) is 7.57. The Morgan fingerprint density at radius 3 is 2.67 bits per heavy atom. The maximum Gasteiger partial charge on any atom is 0.163 e. The Kier molecular flexibility index (Phi) is 5.90. The van der Waals surface area contributed by atoms with Crippen molar-refractivity contribution in [3.63, 3.8) is 0 Å². The lowest BCUT2D eigenvalue weighted by Gasteiger charge is -2.35. The Bertz CT molecular complexity index is 418. The smallest absolute Gasteiger partial charge is 0.163 e. The zero-order valence-corrected chi connectivity index (χ0v) is 13.1. The number of anilines is 1. The Hall–Kier alpha value is -1.24. The molecule has 21 heavy (non-hydrogen) atoms. The second-order valence-corrected chi connectivity index (χ2v) is 5.07. The van der Waals surface area contributed by atoms with Gasteiger partial charge in [-0.25, -0.2) is 9.97 Å². The highest BCUT2D eigenvalue weighted by Crippen LogP contribution is 2.34. The summed E-state index contributed by atoms with van der Waals surface area (Å²) in [6, 6.07) is 1.93. The van der Waals surface area contributed by atoms with Gasteiger partial charge in [0.05, 0.1) is 12.3 Å². The molecule has 0 amide bonds. The van der Waals surface area contributed by atoms with Gasteiger partial charge in [-0.15, -0.1) is 0 Å². The van der Waals surface area contributed by atoms with Gasteiger partial charge in [-0.1, -0.05) is 0 Å². The van der Waals surface area contributed by atoms with E-state index in [9.17, 15) is 0 Å². The van der Waals surface area contributed by atoms with Crippen molar-refractivity contribution in [2.45, 2.75) is 38.9 Å². The molecule has 1 aromatic heterocycles. The maximum atomic E-state index is 6.05. The number of methoxy groups -OCH3 is 1. The molecule has 0 unspecified atom stereocenters. The standard InChI is InChI=1S/C15H25N3O3/c1-4-16-13-10-12(11-19-3)17-14(18-13)15(21-5-2)6-8-20-9-7-15/h10H,4-9,11H2,1-3H3,(H,16,17,18). The van der Waals surface area contributed by atoms with E-state index in [2.05, 4.69) is 15.3 Å². The Morgan fingerprint density at radius 1 is 1.29 bits per heavy atom.